The zero-order valence-electron chi connectivity index (χ0n) is 8.20. The predicted molar refractivity (Wildman–Crippen MR) is 52.4 cm³/mol. The number of aliphatic hydroxyl groups excluding tert-OH is 1. The van der Waals surface area contributed by atoms with Crippen LogP contribution in [0, 0.1) is 0 Å². The number of unbranched alkanes of at least 4 members (excludes halogenated alkanes) is 3. The monoisotopic (exact) mass is 182 g/mol. The van der Waals surface area contributed by atoms with E-state index in [4.69, 9.17) is 4.42 Å². The van der Waals surface area contributed by atoms with Gasteiger partial charge in [-0.1, -0.05) is 32.6 Å². The molecular formula is C11H18O2. The first-order chi connectivity index (χ1) is 6.34. The van der Waals surface area contributed by atoms with Crippen LogP contribution in [0.4, 0.5) is 0 Å². The highest BCUT2D eigenvalue weighted by atomic mass is 16.4. The van der Waals surface area contributed by atoms with Crippen molar-refractivity contribution in [2.75, 3.05) is 0 Å². The van der Waals surface area contributed by atoms with Gasteiger partial charge in [-0.25, -0.2) is 0 Å². The molecule has 0 fully saturated rings. The maximum Gasteiger partial charge on any atom is 0.132 e. The molecule has 13 heavy (non-hydrogen) atoms. The van der Waals surface area contributed by atoms with Crippen LogP contribution in [-0.4, -0.2) is 5.11 Å². The third-order valence-corrected chi connectivity index (χ3v) is 2.20. The lowest BCUT2D eigenvalue weighted by Crippen LogP contribution is -1.94. The van der Waals surface area contributed by atoms with Crippen molar-refractivity contribution < 1.29 is 9.52 Å². The van der Waals surface area contributed by atoms with Crippen molar-refractivity contribution >= 4 is 0 Å². The molecule has 1 rings (SSSR count). The Morgan fingerprint density at radius 1 is 1.38 bits per heavy atom. The largest absolute Gasteiger partial charge is 0.467 e. The van der Waals surface area contributed by atoms with Crippen LogP contribution in [0.15, 0.2) is 22.8 Å². The number of aliphatic hydroxyl groups is 1. The van der Waals surface area contributed by atoms with E-state index in [0.717, 1.165) is 12.8 Å². The fraction of sp³-hybridized carbons (Fsp3) is 0.636. The highest BCUT2D eigenvalue weighted by Crippen LogP contribution is 2.19. The van der Waals surface area contributed by atoms with Crippen LogP contribution in [-0.2, 0) is 0 Å². The second-order valence-corrected chi connectivity index (χ2v) is 3.38. The van der Waals surface area contributed by atoms with Crippen LogP contribution in [0.5, 0.6) is 0 Å². The highest BCUT2D eigenvalue weighted by molar-refractivity contribution is 5.01. The fourth-order valence-corrected chi connectivity index (χ4v) is 1.39. The van der Waals surface area contributed by atoms with Crippen molar-refractivity contribution in [3.05, 3.63) is 24.2 Å². The second-order valence-electron chi connectivity index (χ2n) is 3.38. The van der Waals surface area contributed by atoms with Crippen LogP contribution >= 0.6 is 0 Å². The van der Waals surface area contributed by atoms with E-state index in [1.54, 1.807) is 6.26 Å². The van der Waals surface area contributed by atoms with Crippen LogP contribution in [0.25, 0.3) is 0 Å². The molecule has 0 spiro atoms. The lowest BCUT2D eigenvalue weighted by molar-refractivity contribution is 0.137. The van der Waals surface area contributed by atoms with Gasteiger partial charge in [-0.15, -0.1) is 0 Å². The van der Waals surface area contributed by atoms with Crippen molar-refractivity contribution in [3.63, 3.8) is 0 Å². The van der Waals surface area contributed by atoms with E-state index in [-0.39, 0.29) is 0 Å². The highest BCUT2D eigenvalue weighted by Gasteiger charge is 2.08. The molecule has 0 amide bonds. The van der Waals surface area contributed by atoms with Gasteiger partial charge in [-0.05, 0) is 18.6 Å². The van der Waals surface area contributed by atoms with Gasteiger partial charge in [0.1, 0.15) is 11.9 Å². The summed E-state index contributed by atoms with van der Waals surface area (Å²) >= 11 is 0. The molecule has 1 heterocycles. The Balaban J connectivity index is 2.15. The summed E-state index contributed by atoms with van der Waals surface area (Å²) in [5.41, 5.74) is 0. The summed E-state index contributed by atoms with van der Waals surface area (Å²) in [6, 6.07) is 3.63. The van der Waals surface area contributed by atoms with E-state index in [1.165, 1.54) is 19.3 Å². The first-order valence-corrected chi connectivity index (χ1v) is 5.06. The number of furan rings is 1. The molecule has 0 aliphatic carbocycles. The summed E-state index contributed by atoms with van der Waals surface area (Å²) in [7, 11) is 0. The molecule has 0 aliphatic heterocycles. The zero-order chi connectivity index (χ0) is 9.52. The minimum absolute atomic E-state index is 0.410. The summed E-state index contributed by atoms with van der Waals surface area (Å²) < 4.78 is 5.10. The first kappa shape index (κ1) is 10.3. The van der Waals surface area contributed by atoms with Crippen molar-refractivity contribution in [1.82, 2.24) is 0 Å². The van der Waals surface area contributed by atoms with Crippen LogP contribution < -0.4 is 0 Å². The number of rotatable bonds is 6. The van der Waals surface area contributed by atoms with Crippen molar-refractivity contribution in [3.8, 4) is 0 Å². The van der Waals surface area contributed by atoms with E-state index in [2.05, 4.69) is 6.92 Å². The van der Waals surface area contributed by atoms with E-state index >= 15 is 0 Å². The van der Waals surface area contributed by atoms with Crippen molar-refractivity contribution in [2.45, 2.75) is 45.1 Å². The third-order valence-electron chi connectivity index (χ3n) is 2.20. The molecule has 0 saturated carbocycles. The molecule has 0 radical (unpaired) electrons. The minimum Gasteiger partial charge on any atom is -0.467 e. The van der Waals surface area contributed by atoms with Gasteiger partial charge in [-0.2, -0.15) is 0 Å². The molecule has 0 bridgehead atoms. The first-order valence-electron chi connectivity index (χ1n) is 5.06. The minimum atomic E-state index is -0.410. The lowest BCUT2D eigenvalue weighted by Gasteiger charge is -2.06. The van der Waals surface area contributed by atoms with Crippen LogP contribution in [0.3, 0.4) is 0 Å². The Hall–Kier alpha value is -0.760. The van der Waals surface area contributed by atoms with Gasteiger partial charge in [0, 0.05) is 0 Å². The van der Waals surface area contributed by atoms with Gasteiger partial charge in [0.05, 0.1) is 6.26 Å². The van der Waals surface area contributed by atoms with E-state index in [0.29, 0.717) is 5.76 Å². The molecule has 1 N–H and O–H groups in total. The third kappa shape index (κ3) is 3.64. The Morgan fingerprint density at radius 3 is 2.85 bits per heavy atom. The zero-order valence-corrected chi connectivity index (χ0v) is 8.20. The smallest absolute Gasteiger partial charge is 0.132 e. The van der Waals surface area contributed by atoms with Crippen LogP contribution in [0.2, 0.25) is 0 Å². The normalized spacial score (nSPS) is 13.1. The topological polar surface area (TPSA) is 33.4 Å². The van der Waals surface area contributed by atoms with E-state index in [1.807, 2.05) is 12.1 Å². The summed E-state index contributed by atoms with van der Waals surface area (Å²) in [4.78, 5) is 0. The van der Waals surface area contributed by atoms with Gasteiger partial charge in [0.2, 0.25) is 0 Å². The van der Waals surface area contributed by atoms with Gasteiger partial charge in [0.25, 0.3) is 0 Å². The summed E-state index contributed by atoms with van der Waals surface area (Å²) in [5.74, 6) is 0.691. The summed E-state index contributed by atoms with van der Waals surface area (Å²) in [6.07, 6.45) is 6.77. The molecule has 0 unspecified atom stereocenters. The SMILES string of the molecule is CCCCCC[C@@H](O)c1ccco1. The molecule has 74 valence electrons. The van der Waals surface area contributed by atoms with Gasteiger partial charge >= 0.3 is 0 Å². The molecular weight excluding hydrogens is 164 g/mol. The number of hydrogen-bond donors (Lipinski definition) is 1. The van der Waals surface area contributed by atoms with Crippen LogP contribution in [0.1, 0.15) is 50.9 Å². The molecule has 2 heteroatoms. The maximum absolute atomic E-state index is 9.61. The molecule has 0 saturated heterocycles. The van der Waals surface area contributed by atoms with Crippen molar-refractivity contribution in [2.24, 2.45) is 0 Å². The van der Waals surface area contributed by atoms with E-state index in [9.17, 15) is 5.11 Å². The average Bonchev–Trinajstić information content (AvgIpc) is 2.65. The lowest BCUT2D eigenvalue weighted by atomic mass is 10.1. The average molecular weight is 182 g/mol. The number of hydrogen-bond acceptors (Lipinski definition) is 2. The van der Waals surface area contributed by atoms with Crippen molar-refractivity contribution in [1.29, 1.82) is 0 Å². The van der Waals surface area contributed by atoms with Gasteiger partial charge < -0.3 is 9.52 Å². The Kier molecular flexibility index (Phi) is 4.61. The van der Waals surface area contributed by atoms with Gasteiger partial charge in [-0.3, -0.25) is 0 Å². The molecule has 0 aromatic carbocycles. The Labute approximate surface area is 79.6 Å². The quantitative estimate of drug-likeness (QED) is 0.685. The summed E-state index contributed by atoms with van der Waals surface area (Å²) in [5, 5.41) is 9.61. The molecule has 1 atom stereocenters. The van der Waals surface area contributed by atoms with E-state index < -0.39 is 6.10 Å². The fourth-order valence-electron chi connectivity index (χ4n) is 1.39. The standard InChI is InChI=1S/C11H18O2/c1-2-3-4-5-7-10(12)11-8-6-9-13-11/h6,8-10,12H,2-5,7H2,1H3/t10-/m1/s1. The molecule has 0 aliphatic rings. The predicted octanol–water partition coefficient (Wildman–Crippen LogP) is 3.28. The summed E-state index contributed by atoms with van der Waals surface area (Å²) in [6.45, 7) is 2.18. The second kappa shape index (κ2) is 5.81. The molecule has 1 aromatic rings. The molecule has 1 aromatic heterocycles. The Bertz CT molecular complexity index is 204. The maximum atomic E-state index is 9.61. The Morgan fingerprint density at radius 2 is 2.23 bits per heavy atom. The molecule has 2 nitrogen and oxygen atoms in total. The van der Waals surface area contributed by atoms with Gasteiger partial charge in [0.15, 0.2) is 0 Å².